The normalized spacial score (nSPS) is 27.0. The number of carbonyl (C=O) groups is 3. The Morgan fingerprint density at radius 3 is 2.42 bits per heavy atom. The molecule has 0 heterocycles. The first kappa shape index (κ1) is 26.3. The molecule has 202 valence electrons. The summed E-state index contributed by atoms with van der Waals surface area (Å²) in [5, 5.41) is 2.75. The number of hydrogen-bond acceptors (Lipinski definition) is 6. The molecule has 1 N–H and O–H groups in total. The molecular weight excluding hydrogens is 482 g/mol. The topological polar surface area (TPSA) is 90.9 Å². The third-order valence-electron chi connectivity index (χ3n) is 8.63. The summed E-state index contributed by atoms with van der Waals surface area (Å²) in [4.78, 5) is 37.4. The number of methoxy groups -OCH3 is 1. The maximum absolute atomic E-state index is 13.2. The molecule has 7 nitrogen and oxygen atoms in total. The van der Waals surface area contributed by atoms with Crippen LogP contribution in [-0.2, 0) is 24.5 Å². The summed E-state index contributed by atoms with van der Waals surface area (Å²) in [5.41, 5.74) is 1.79. The number of rotatable bonds is 10. The summed E-state index contributed by atoms with van der Waals surface area (Å²) in [6, 6.07) is 14.6. The van der Waals surface area contributed by atoms with Crippen LogP contribution in [0.4, 0.5) is 5.69 Å². The van der Waals surface area contributed by atoms with Crippen LogP contribution < -0.4 is 10.1 Å². The van der Waals surface area contributed by atoms with E-state index < -0.39 is 5.97 Å². The second kappa shape index (κ2) is 10.8. The van der Waals surface area contributed by atoms with Gasteiger partial charge in [-0.1, -0.05) is 31.5 Å². The van der Waals surface area contributed by atoms with Crippen molar-refractivity contribution in [2.24, 2.45) is 17.3 Å². The van der Waals surface area contributed by atoms with E-state index in [0.29, 0.717) is 35.4 Å². The molecule has 4 fully saturated rings. The maximum Gasteiger partial charge on any atom is 0.337 e. The van der Waals surface area contributed by atoms with Gasteiger partial charge in [-0.2, -0.15) is 0 Å². The molecule has 7 heteroatoms. The summed E-state index contributed by atoms with van der Waals surface area (Å²) in [6.45, 7) is 2.48. The van der Waals surface area contributed by atoms with Crippen LogP contribution in [0.5, 0.6) is 5.75 Å². The standard InChI is InChI=1S/C31H37NO6/c1-3-4-12-37-29(35)31-17-21-13-22(18-31)16-30(15-21,20-31)24-8-10-26(11-9-24)38-19-27(33)32-25-7-5-6-23(14-25)28(34)36-2/h5-11,14,21-22H,3-4,12-13,15-20H2,1-2H3,(H,32,33). The van der Waals surface area contributed by atoms with Crippen molar-refractivity contribution in [1.29, 1.82) is 0 Å². The first-order valence-electron chi connectivity index (χ1n) is 13.7. The fourth-order valence-corrected chi connectivity index (χ4v) is 7.39. The number of benzene rings is 2. The van der Waals surface area contributed by atoms with Gasteiger partial charge in [-0.15, -0.1) is 0 Å². The molecular formula is C31H37NO6. The van der Waals surface area contributed by atoms with Crippen molar-refractivity contribution in [2.75, 3.05) is 25.6 Å². The predicted molar refractivity (Wildman–Crippen MR) is 143 cm³/mol. The van der Waals surface area contributed by atoms with Crippen molar-refractivity contribution >= 4 is 23.5 Å². The van der Waals surface area contributed by atoms with E-state index in [4.69, 9.17) is 14.2 Å². The molecule has 2 aromatic carbocycles. The molecule has 6 rings (SSSR count). The third-order valence-corrected chi connectivity index (χ3v) is 8.63. The lowest BCUT2D eigenvalue weighted by Gasteiger charge is -2.61. The largest absolute Gasteiger partial charge is 0.484 e. The van der Waals surface area contributed by atoms with Gasteiger partial charge in [0.2, 0.25) is 0 Å². The average Bonchev–Trinajstić information content (AvgIpc) is 2.91. The minimum atomic E-state index is -0.462. The Bertz CT molecular complexity index is 1180. The van der Waals surface area contributed by atoms with E-state index in [1.807, 2.05) is 12.1 Å². The van der Waals surface area contributed by atoms with Crippen LogP contribution in [-0.4, -0.2) is 38.2 Å². The number of carbonyl (C=O) groups excluding carboxylic acids is 3. The zero-order valence-corrected chi connectivity index (χ0v) is 22.3. The molecule has 38 heavy (non-hydrogen) atoms. The number of anilines is 1. The van der Waals surface area contributed by atoms with Crippen LogP contribution in [0.1, 0.15) is 74.2 Å². The zero-order chi connectivity index (χ0) is 26.8. The highest BCUT2D eigenvalue weighted by atomic mass is 16.5. The van der Waals surface area contributed by atoms with Gasteiger partial charge in [0.1, 0.15) is 5.75 Å². The Balaban J connectivity index is 1.21. The zero-order valence-electron chi connectivity index (χ0n) is 22.3. The van der Waals surface area contributed by atoms with E-state index in [9.17, 15) is 14.4 Å². The second-order valence-electron chi connectivity index (χ2n) is 11.4. The monoisotopic (exact) mass is 519 g/mol. The minimum absolute atomic E-state index is 0.00835. The average molecular weight is 520 g/mol. The quantitative estimate of drug-likeness (QED) is 0.321. The highest BCUT2D eigenvalue weighted by Gasteiger charge is 2.61. The van der Waals surface area contributed by atoms with E-state index in [1.54, 1.807) is 24.3 Å². The molecule has 1 amide bonds. The lowest BCUT2D eigenvalue weighted by atomic mass is 9.43. The number of amides is 1. The predicted octanol–water partition coefficient (Wildman–Crippen LogP) is 5.67. The van der Waals surface area contributed by atoms with Crippen molar-refractivity contribution in [1.82, 2.24) is 0 Å². The van der Waals surface area contributed by atoms with E-state index in [2.05, 4.69) is 24.4 Å². The SMILES string of the molecule is CCCCOC(=O)C12CC3CC(C1)CC(c1ccc(OCC(=O)Nc4cccc(C(=O)OC)c4)cc1)(C3)C2. The van der Waals surface area contributed by atoms with Gasteiger partial charge in [0.15, 0.2) is 6.61 Å². The molecule has 4 aliphatic rings. The van der Waals surface area contributed by atoms with Crippen LogP contribution in [0.2, 0.25) is 0 Å². The Morgan fingerprint density at radius 2 is 1.74 bits per heavy atom. The van der Waals surface area contributed by atoms with E-state index >= 15 is 0 Å². The molecule has 0 aliphatic heterocycles. The van der Waals surface area contributed by atoms with Crippen LogP contribution in [0.15, 0.2) is 48.5 Å². The van der Waals surface area contributed by atoms with Crippen molar-refractivity contribution in [3.8, 4) is 5.75 Å². The Hall–Kier alpha value is -3.35. The van der Waals surface area contributed by atoms with Crippen molar-refractivity contribution in [3.05, 3.63) is 59.7 Å². The molecule has 0 spiro atoms. The van der Waals surface area contributed by atoms with E-state index in [-0.39, 0.29) is 29.3 Å². The summed E-state index contributed by atoms with van der Waals surface area (Å²) in [7, 11) is 1.32. The Morgan fingerprint density at radius 1 is 1.00 bits per heavy atom. The fraction of sp³-hybridized carbons (Fsp3) is 0.516. The summed E-state index contributed by atoms with van der Waals surface area (Å²) in [6.07, 6.45) is 8.22. The number of nitrogens with one attached hydrogen (secondary N) is 1. The highest BCUT2D eigenvalue weighted by molar-refractivity contribution is 5.95. The second-order valence-corrected chi connectivity index (χ2v) is 11.4. The van der Waals surface area contributed by atoms with E-state index in [1.165, 1.54) is 19.1 Å². The highest BCUT2D eigenvalue weighted by Crippen LogP contribution is 2.66. The van der Waals surface area contributed by atoms with Crippen molar-refractivity contribution in [3.63, 3.8) is 0 Å². The number of unbranched alkanes of at least 4 members (excludes halogenated alkanes) is 1. The Labute approximate surface area is 224 Å². The van der Waals surface area contributed by atoms with Gasteiger partial charge in [-0.25, -0.2) is 4.79 Å². The number of ether oxygens (including phenoxy) is 3. The molecule has 0 aromatic heterocycles. The van der Waals surface area contributed by atoms with Gasteiger partial charge in [0.05, 0.1) is 24.7 Å². The molecule has 2 atom stereocenters. The molecule has 0 saturated heterocycles. The number of esters is 2. The minimum Gasteiger partial charge on any atom is -0.484 e. The van der Waals surface area contributed by atoms with Gasteiger partial charge in [-0.05, 0) is 98.1 Å². The van der Waals surface area contributed by atoms with Gasteiger partial charge >= 0.3 is 11.9 Å². The molecule has 4 saturated carbocycles. The van der Waals surface area contributed by atoms with Crippen LogP contribution >= 0.6 is 0 Å². The lowest BCUT2D eigenvalue weighted by Crippen LogP contribution is -2.57. The fourth-order valence-electron chi connectivity index (χ4n) is 7.39. The smallest absolute Gasteiger partial charge is 0.337 e. The summed E-state index contributed by atoms with van der Waals surface area (Å²) < 4.78 is 16.2. The molecule has 2 aromatic rings. The van der Waals surface area contributed by atoms with Crippen LogP contribution in [0.25, 0.3) is 0 Å². The lowest BCUT2D eigenvalue weighted by molar-refractivity contribution is -0.174. The first-order chi connectivity index (χ1) is 18.3. The van der Waals surface area contributed by atoms with E-state index in [0.717, 1.165) is 44.9 Å². The van der Waals surface area contributed by atoms with Crippen LogP contribution in [0, 0.1) is 17.3 Å². The van der Waals surface area contributed by atoms with Crippen molar-refractivity contribution in [2.45, 2.75) is 63.7 Å². The third kappa shape index (κ3) is 5.29. The molecule has 2 unspecified atom stereocenters. The van der Waals surface area contributed by atoms with Gasteiger partial charge < -0.3 is 19.5 Å². The Kier molecular flexibility index (Phi) is 7.46. The van der Waals surface area contributed by atoms with Gasteiger partial charge in [-0.3, -0.25) is 9.59 Å². The van der Waals surface area contributed by atoms with Gasteiger partial charge in [0, 0.05) is 5.69 Å². The summed E-state index contributed by atoms with van der Waals surface area (Å²) >= 11 is 0. The molecule has 4 aliphatic carbocycles. The van der Waals surface area contributed by atoms with Crippen LogP contribution in [0.3, 0.4) is 0 Å². The first-order valence-corrected chi connectivity index (χ1v) is 13.7. The number of hydrogen-bond donors (Lipinski definition) is 1. The molecule has 0 radical (unpaired) electrons. The maximum atomic E-state index is 13.2. The van der Waals surface area contributed by atoms with Crippen molar-refractivity contribution < 1.29 is 28.6 Å². The molecule has 4 bridgehead atoms. The summed E-state index contributed by atoms with van der Waals surface area (Å²) in [5.74, 6) is 1.01. The van der Waals surface area contributed by atoms with Gasteiger partial charge in [0.25, 0.3) is 5.91 Å².